The minimum Gasteiger partial charge on any atom is -0.454 e. The molecule has 1 amide bonds. The van der Waals surface area contributed by atoms with Gasteiger partial charge in [-0.2, -0.15) is 0 Å². The normalized spacial score (nSPS) is 14.2. The first kappa shape index (κ1) is 18.3. The molecule has 1 atom stereocenters. The molecule has 2 aromatic carbocycles. The third-order valence-corrected chi connectivity index (χ3v) is 4.73. The summed E-state index contributed by atoms with van der Waals surface area (Å²) in [6.07, 6.45) is 1.13. The predicted octanol–water partition coefficient (Wildman–Crippen LogP) is 4.52. The minimum absolute atomic E-state index is 0.00623. The van der Waals surface area contributed by atoms with E-state index in [4.69, 9.17) is 9.47 Å². The van der Waals surface area contributed by atoms with Gasteiger partial charge in [-0.3, -0.25) is 4.79 Å². The lowest BCUT2D eigenvalue weighted by Crippen LogP contribution is -2.26. The Labute approximate surface area is 155 Å². The van der Waals surface area contributed by atoms with Gasteiger partial charge in [0.15, 0.2) is 11.5 Å². The number of hydrogen-bond donors (Lipinski definition) is 1. The number of fused-ring (bicyclic) bond motifs is 1. The lowest BCUT2D eigenvalue weighted by atomic mass is 9.86. The van der Waals surface area contributed by atoms with Gasteiger partial charge < -0.3 is 14.8 Å². The van der Waals surface area contributed by atoms with Crippen molar-refractivity contribution in [2.24, 2.45) is 0 Å². The first-order valence-corrected chi connectivity index (χ1v) is 9.11. The van der Waals surface area contributed by atoms with E-state index in [-0.39, 0.29) is 24.2 Å². The zero-order valence-electron chi connectivity index (χ0n) is 16.0. The summed E-state index contributed by atoms with van der Waals surface area (Å²) in [6, 6.07) is 14.3. The zero-order chi connectivity index (χ0) is 18.7. The van der Waals surface area contributed by atoms with Crippen molar-refractivity contribution >= 4 is 5.91 Å². The molecule has 2 aromatic rings. The molecule has 0 aliphatic carbocycles. The van der Waals surface area contributed by atoms with Crippen LogP contribution in [0.4, 0.5) is 0 Å². The Hall–Kier alpha value is -2.49. The van der Waals surface area contributed by atoms with Crippen molar-refractivity contribution in [3.05, 3.63) is 59.2 Å². The summed E-state index contributed by atoms with van der Waals surface area (Å²) >= 11 is 0. The van der Waals surface area contributed by atoms with Crippen LogP contribution in [0.15, 0.2) is 42.5 Å². The van der Waals surface area contributed by atoms with E-state index in [1.807, 2.05) is 25.1 Å². The van der Waals surface area contributed by atoms with Crippen molar-refractivity contribution in [2.45, 2.75) is 52.0 Å². The molecule has 1 unspecified atom stereocenters. The Morgan fingerprint density at radius 3 is 2.46 bits per heavy atom. The molecule has 0 radical (unpaired) electrons. The van der Waals surface area contributed by atoms with Gasteiger partial charge in [0.2, 0.25) is 12.7 Å². The van der Waals surface area contributed by atoms with Crippen molar-refractivity contribution in [3.8, 4) is 11.5 Å². The van der Waals surface area contributed by atoms with Crippen LogP contribution in [0.3, 0.4) is 0 Å². The zero-order valence-corrected chi connectivity index (χ0v) is 16.0. The van der Waals surface area contributed by atoms with Gasteiger partial charge in [-0.05, 0) is 47.6 Å². The van der Waals surface area contributed by atoms with E-state index in [2.05, 4.69) is 50.4 Å². The fourth-order valence-electron chi connectivity index (χ4n) is 3.02. The van der Waals surface area contributed by atoms with Crippen LogP contribution in [0.5, 0.6) is 11.5 Å². The Bertz CT molecular complexity index is 775. The molecule has 1 aliphatic rings. The summed E-state index contributed by atoms with van der Waals surface area (Å²) in [4.78, 5) is 12.3. The van der Waals surface area contributed by atoms with Crippen LogP contribution in [0, 0.1) is 0 Å². The number of nitrogens with one attached hydrogen (secondary N) is 1. The lowest BCUT2D eigenvalue weighted by Gasteiger charge is -2.20. The highest BCUT2D eigenvalue weighted by atomic mass is 16.7. The number of rotatable bonds is 5. The Morgan fingerprint density at radius 2 is 1.77 bits per heavy atom. The number of carbonyl (C=O) groups is 1. The summed E-state index contributed by atoms with van der Waals surface area (Å²) in [5, 5.41) is 3.08. The molecule has 0 fully saturated rings. The summed E-state index contributed by atoms with van der Waals surface area (Å²) in [6.45, 7) is 8.88. The van der Waals surface area contributed by atoms with Gasteiger partial charge in [-0.25, -0.2) is 0 Å². The molecule has 0 spiro atoms. The van der Waals surface area contributed by atoms with Crippen molar-refractivity contribution in [1.29, 1.82) is 0 Å². The van der Waals surface area contributed by atoms with Crippen LogP contribution in [-0.2, 0) is 16.6 Å². The van der Waals surface area contributed by atoms with E-state index in [1.165, 1.54) is 5.56 Å². The predicted molar refractivity (Wildman–Crippen MR) is 103 cm³/mol. The molecule has 1 aliphatic heterocycles. The van der Waals surface area contributed by atoms with Crippen LogP contribution in [0.1, 0.15) is 56.8 Å². The molecular weight excluding hydrogens is 326 g/mol. The number of aryl methyl sites for hydroxylation is 1. The third kappa shape index (κ3) is 4.37. The molecule has 4 nitrogen and oxygen atoms in total. The third-order valence-electron chi connectivity index (χ3n) is 4.73. The standard InChI is InChI=1S/C22H27NO3/c1-15(17-7-9-18(10-8-17)22(2,3)4)23-21(24)12-6-16-5-11-19-20(13-16)26-14-25-19/h5,7-11,13,15H,6,12,14H2,1-4H3,(H,23,24). The first-order valence-electron chi connectivity index (χ1n) is 9.11. The topological polar surface area (TPSA) is 47.6 Å². The largest absolute Gasteiger partial charge is 0.454 e. The summed E-state index contributed by atoms with van der Waals surface area (Å²) in [5.41, 5.74) is 3.62. The number of benzene rings is 2. The van der Waals surface area contributed by atoms with E-state index in [0.29, 0.717) is 12.8 Å². The molecule has 4 heteroatoms. The highest BCUT2D eigenvalue weighted by molar-refractivity contribution is 5.76. The van der Waals surface area contributed by atoms with Gasteiger partial charge in [0, 0.05) is 6.42 Å². The van der Waals surface area contributed by atoms with Gasteiger partial charge in [-0.1, -0.05) is 51.1 Å². The summed E-state index contributed by atoms with van der Waals surface area (Å²) in [7, 11) is 0. The SMILES string of the molecule is CC(NC(=O)CCc1ccc2c(c1)OCO2)c1ccc(C(C)(C)C)cc1. The Morgan fingerprint density at radius 1 is 1.08 bits per heavy atom. The average molecular weight is 353 g/mol. The molecular formula is C22H27NO3. The second kappa shape index (κ2) is 7.40. The Kier molecular flexibility index (Phi) is 5.21. The average Bonchev–Trinajstić information content (AvgIpc) is 3.07. The van der Waals surface area contributed by atoms with Crippen LogP contribution >= 0.6 is 0 Å². The minimum atomic E-state index is -0.00623. The molecule has 0 bridgehead atoms. The quantitative estimate of drug-likeness (QED) is 0.859. The molecule has 138 valence electrons. The van der Waals surface area contributed by atoms with Crippen LogP contribution in [0.25, 0.3) is 0 Å². The van der Waals surface area contributed by atoms with E-state index in [0.717, 1.165) is 22.6 Å². The molecule has 3 rings (SSSR count). The van der Waals surface area contributed by atoms with Crippen molar-refractivity contribution in [1.82, 2.24) is 5.32 Å². The highest BCUT2D eigenvalue weighted by Gasteiger charge is 2.16. The van der Waals surface area contributed by atoms with Crippen molar-refractivity contribution in [3.63, 3.8) is 0 Å². The smallest absolute Gasteiger partial charge is 0.231 e. The van der Waals surface area contributed by atoms with Gasteiger partial charge in [0.05, 0.1) is 6.04 Å². The summed E-state index contributed by atoms with van der Waals surface area (Å²) < 4.78 is 10.7. The maximum atomic E-state index is 12.3. The maximum Gasteiger partial charge on any atom is 0.231 e. The second-order valence-electron chi connectivity index (χ2n) is 7.85. The molecule has 1 N–H and O–H groups in total. The van der Waals surface area contributed by atoms with E-state index < -0.39 is 0 Å². The monoisotopic (exact) mass is 353 g/mol. The number of hydrogen-bond acceptors (Lipinski definition) is 3. The lowest BCUT2D eigenvalue weighted by molar-refractivity contribution is -0.121. The van der Waals surface area contributed by atoms with E-state index >= 15 is 0 Å². The highest BCUT2D eigenvalue weighted by Crippen LogP contribution is 2.32. The summed E-state index contributed by atoms with van der Waals surface area (Å²) in [5.74, 6) is 1.58. The van der Waals surface area contributed by atoms with E-state index in [9.17, 15) is 4.79 Å². The van der Waals surface area contributed by atoms with Crippen molar-refractivity contribution < 1.29 is 14.3 Å². The second-order valence-corrected chi connectivity index (χ2v) is 7.85. The van der Waals surface area contributed by atoms with Gasteiger partial charge in [0.25, 0.3) is 0 Å². The van der Waals surface area contributed by atoms with Crippen LogP contribution < -0.4 is 14.8 Å². The molecule has 0 saturated heterocycles. The Balaban J connectivity index is 1.52. The van der Waals surface area contributed by atoms with Crippen LogP contribution in [-0.4, -0.2) is 12.7 Å². The maximum absolute atomic E-state index is 12.3. The molecule has 1 heterocycles. The number of carbonyl (C=O) groups excluding carboxylic acids is 1. The first-order chi connectivity index (χ1) is 12.3. The fraction of sp³-hybridized carbons (Fsp3) is 0.409. The van der Waals surface area contributed by atoms with Gasteiger partial charge in [-0.15, -0.1) is 0 Å². The molecule has 26 heavy (non-hydrogen) atoms. The molecule has 0 aromatic heterocycles. The fourth-order valence-corrected chi connectivity index (χ4v) is 3.02. The molecule has 0 saturated carbocycles. The van der Waals surface area contributed by atoms with Gasteiger partial charge >= 0.3 is 0 Å². The van der Waals surface area contributed by atoms with Gasteiger partial charge in [0.1, 0.15) is 0 Å². The number of ether oxygens (including phenoxy) is 2. The van der Waals surface area contributed by atoms with Crippen LogP contribution in [0.2, 0.25) is 0 Å². The number of amides is 1. The van der Waals surface area contributed by atoms with Crippen molar-refractivity contribution in [2.75, 3.05) is 6.79 Å². The van der Waals surface area contributed by atoms with E-state index in [1.54, 1.807) is 0 Å².